The number of phenols is 2. The SMILES string of the molecule is CCCOC(=O)c1cc(/C=N/N=C/c2ccc(O)c(C)c2)ccc1O. The molecule has 25 heavy (non-hydrogen) atoms. The van der Waals surface area contributed by atoms with Crippen molar-refractivity contribution in [2.24, 2.45) is 10.2 Å². The van der Waals surface area contributed by atoms with Crippen molar-refractivity contribution in [3.8, 4) is 11.5 Å². The third-order valence-electron chi connectivity index (χ3n) is 3.38. The lowest BCUT2D eigenvalue weighted by Crippen LogP contribution is -2.06. The van der Waals surface area contributed by atoms with Gasteiger partial charge in [0.1, 0.15) is 17.1 Å². The van der Waals surface area contributed by atoms with Gasteiger partial charge in [-0.3, -0.25) is 0 Å². The minimum Gasteiger partial charge on any atom is -0.508 e. The molecule has 2 N–H and O–H groups in total. The standard InChI is InChI=1S/C19H20N2O4/c1-3-8-25-19(24)16-10-15(5-7-18(16)23)12-21-20-11-14-4-6-17(22)13(2)9-14/h4-7,9-12,22-23H,3,8H2,1-2H3/b20-11+,21-12+. The molecular formula is C19H20N2O4. The topological polar surface area (TPSA) is 91.5 Å². The molecule has 0 fully saturated rings. The van der Waals surface area contributed by atoms with Crippen LogP contribution in [0.15, 0.2) is 46.6 Å². The van der Waals surface area contributed by atoms with Gasteiger partial charge in [-0.05, 0) is 66.4 Å². The van der Waals surface area contributed by atoms with Crippen molar-refractivity contribution in [3.05, 3.63) is 58.7 Å². The predicted octanol–water partition coefficient (Wildman–Crippen LogP) is 3.43. The molecule has 0 heterocycles. The molecule has 0 radical (unpaired) electrons. The molecule has 6 nitrogen and oxygen atoms in total. The van der Waals surface area contributed by atoms with Crippen LogP contribution in [0.3, 0.4) is 0 Å². The number of hydrogen-bond acceptors (Lipinski definition) is 6. The van der Waals surface area contributed by atoms with Crippen molar-refractivity contribution in [2.45, 2.75) is 20.3 Å². The van der Waals surface area contributed by atoms with Gasteiger partial charge in [0.25, 0.3) is 0 Å². The zero-order valence-corrected chi connectivity index (χ0v) is 14.1. The molecule has 6 heteroatoms. The number of ether oxygens (including phenoxy) is 1. The van der Waals surface area contributed by atoms with E-state index in [1.54, 1.807) is 37.4 Å². The molecule has 0 spiro atoms. The van der Waals surface area contributed by atoms with E-state index in [0.717, 1.165) is 11.1 Å². The number of aromatic hydroxyl groups is 2. The van der Waals surface area contributed by atoms with E-state index in [1.807, 2.05) is 6.92 Å². The van der Waals surface area contributed by atoms with Gasteiger partial charge in [0, 0.05) is 0 Å². The maximum Gasteiger partial charge on any atom is 0.341 e. The number of carbonyl (C=O) groups is 1. The predicted molar refractivity (Wildman–Crippen MR) is 96.7 cm³/mol. The second-order valence-electron chi connectivity index (χ2n) is 5.45. The second-order valence-corrected chi connectivity index (χ2v) is 5.45. The Bertz CT molecular complexity index is 813. The molecule has 0 aliphatic rings. The number of benzene rings is 2. The third kappa shape index (κ3) is 5.17. The summed E-state index contributed by atoms with van der Waals surface area (Å²) in [5.74, 6) is -0.480. The van der Waals surface area contributed by atoms with Crippen LogP contribution in [0.4, 0.5) is 0 Å². The number of phenolic OH excluding ortho intramolecular Hbond substituents is 2. The molecule has 0 saturated heterocycles. The van der Waals surface area contributed by atoms with Crippen LogP contribution in [-0.2, 0) is 4.74 Å². The average Bonchev–Trinajstić information content (AvgIpc) is 2.60. The van der Waals surface area contributed by atoms with Crippen molar-refractivity contribution < 1.29 is 19.7 Å². The van der Waals surface area contributed by atoms with Gasteiger partial charge in [0.2, 0.25) is 0 Å². The van der Waals surface area contributed by atoms with E-state index in [1.165, 1.54) is 18.3 Å². The van der Waals surface area contributed by atoms with Gasteiger partial charge in [0.15, 0.2) is 0 Å². The molecule has 0 amide bonds. The highest BCUT2D eigenvalue weighted by Gasteiger charge is 2.12. The minimum atomic E-state index is -0.572. The van der Waals surface area contributed by atoms with E-state index >= 15 is 0 Å². The minimum absolute atomic E-state index is 0.0931. The average molecular weight is 340 g/mol. The maximum atomic E-state index is 11.9. The van der Waals surface area contributed by atoms with Crippen LogP contribution in [0.5, 0.6) is 11.5 Å². The highest BCUT2D eigenvalue weighted by molar-refractivity contribution is 5.95. The lowest BCUT2D eigenvalue weighted by atomic mass is 10.1. The first-order chi connectivity index (χ1) is 12.0. The van der Waals surface area contributed by atoms with E-state index in [9.17, 15) is 15.0 Å². The van der Waals surface area contributed by atoms with E-state index < -0.39 is 5.97 Å². The maximum absolute atomic E-state index is 11.9. The molecule has 2 aromatic carbocycles. The summed E-state index contributed by atoms with van der Waals surface area (Å²) in [5, 5.41) is 27.1. The first-order valence-corrected chi connectivity index (χ1v) is 7.87. The largest absolute Gasteiger partial charge is 0.508 e. The van der Waals surface area contributed by atoms with E-state index in [-0.39, 0.29) is 17.1 Å². The van der Waals surface area contributed by atoms with Crippen molar-refractivity contribution in [2.75, 3.05) is 6.61 Å². The number of rotatable bonds is 6. The smallest absolute Gasteiger partial charge is 0.341 e. The first kappa shape index (κ1) is 18.2. The van der Waals surface area contributed by atoms with Crippen LogP contribution < -0.4 is 0 Å². The summed E-state index contributed by atoms with van der Waals surface area (Å²) >= 11 is 0. The molecule has 2 aromatic rings. The van der Waals surface area contributed by atoms with Crippen LogP contribution >= 0.6 is 0 Å². The molecule has 0 bridgehead atoms. The summed E-state index contributed by atoms with van der Waals surface area (Å²) in [7, 11) is 0. The Balaban J connectivity index is 2.08. The molecular weight excluding hydrogens is 320 g/mol. The summed E-state index contributed by atoms with van der Waals surface area (Å²) in [6.45, 7) is 3.99. The van der Waals surface area contributed by atoms with Gasteiger partial charge in [-0.15, -0.1) is 0 Å². The normalized spacial score (nSPS) is 11.3. The van der Waals surface area contributed by atoms with E-state index in [2.05, 4.69) is 10.2 Å². The number of aryl methyl sites for hydroxylation is 1. The molecule has 0 atom stereocenters. The van der Waals surface area contributed by atoms with Gasteiger partial charge in [-0.25, -0.2) is 4.79 Å². The van der Waals surface area contributed by atoms with E-state index in [4.69, 9.17) is 4.74 Å². The molecule has 130 valence electrons. The second kappa shape index (κ2) is 8.63. The Morgan fingerprint density at radius 1 is 1.04 bits per heavy atom. The lowest BCUT2D eigenvalue weighted by Gasteiger charge is -2.05. The summed E-state index contributed by atoms with van der Waals surface area (Å²) in [4.78, 5) is 11.9. The lowest BCUT2D eigenvalue weighted by molar-refractivity contribution is 0.0502. The fourth-order valence-corrected chi connectivity index (χ4v) is 2.03. The highest BCUT2D eigenvalue weighted by atomic mass is 16.5. The van der Waals surface area contributed by atoms with E-state index in [0.29, 0.717) is 18.6 Å². The molecule has 0 aliphatic carbocycles. The van der Waals surface area contributed by atoms with Crippen LogP contribution in [0.2, 0.25) is 0 Å². The summed E-state index contributed by atoms with van der Waals surface area (Å²) in [6, 6.07) is 9.64. The number of esters is 1. The van der Waals surface area contributed by atoms with Crippen molar-refractivity contribution in [1.29, 1.82) is 0 Å². The number of nitrogens with zero attached hydrogens (tertiary/aromatic N) is 2. The molecule has 0 aromatic heterocycles. The molecule has 2 rings (SSSR count). The Morgan fingerprint density at radius 2 is 1.64 bits per heavy atom. The summed E-state index contributed by atoms with van der Waals surface area (Å²) < 4.78 is 5.02. The van der Waals surface area contributed by atoms with Crippen LogP contribution in [0.25, 0.3) is 0 Å². The Hall–Kier alpha value is -3.15. The zero-order chi connectivity index (χ0) is 18.2. The number of hydrogen-bond donors (Lipinski definition) is 2. The van der Waals surface area contributed by atoms with Gasteiger partial charge in [0.05, 0.1) is 19.0 Å². The molecule has 0 saturated carbocycles. The van der Waals surface area contributed by atoms with Gasteiger partial charge >= 0.3 is 5.97 Å². The van der Waals surface area contributed by atoms with Crippen molar-refractivity contribution in [3.63, 3.8) is 0 Å². The number of carbonyl (C=O) groups excluding carboxylic acids is 1. The zero-order valence-electron chi connectivity index (χ0n) is 14.1. The van der Waals surface area contributed by atoms with Crippen LogP contribution in [-0.4, -0.2) is 35.2 Å². The Kier molecular flexibility index (Phi) is 6.28. The third-order valence-corrected chi connectivity index (χ3v) is 3.38. The molecule has 0 unspecified atom stereocenters. The van der Waals surface area contributed by atoms with Crippen LogP contribution in [0, 0.1) is 6.92 Å². The van der Waals surface area contributed by atoms with Crippen molar-refractivity contribution >= 4 is 18.4 Å². The summed E-state index contributed by atoms with van der Waals surface area (Å²) in [6.07, 6.45) is 3.73. The Labute approximate surface area is 146 Å². The van der Waals surface area contributed by atoms with Gasteiger partial charge in [-0.2, -0.15) is 10.2 Å². The van der Waals surface area contributed by atoms with Gasteiger partial charge in [-0.1, -0.05) is 6.92 Å². The van der Waals surface area contributed by atoms with Gasteiger partial charge < -0.3 is 14.9 Å². The first-order valence-electron chi connectivity index (χ1n) is 7.87. The molecule has 0 aliphatic heterocycles. The highest BCUT2D eigenvalue weighted by Crippen LogP contribution is 2.19. The van der Waals surface area contributed by atoms with Crippen LogP contribution in [0.1, 0.15) is 40.4 Å². The monoisotopic (exact) mass is 340 g/mol. The Morgan fingerprint density at radius 3 is 2.24 bits per heavy atom. The van der Waals surface area contributed by atoms with Crippen molar-refractivity contribution in [1.82, 2.24) is 0 Å². The quantitative estimate of drug-likeness (QED) is 0.479. The fourth-order valence-electron chi connectivity index (χ4n) is 2.03. The summed E-state index contributed by atoms with van der Waals surface area (Å²) in [5.41, 5.74) is 2.26. The fraction of sp³-hybridized carbons (Fsp3) is 0.211.